The molecule has 1 aromatic rings. The lowest BCUT2D eigenvalue weighted by molar-refractivity contribution is 0.250. The van der Waals surface area contributed by atoms with Crippen LogP contribution in [0.3, 0.4) is 0 Å². The number of aliphatic hydroxyl groups is 1. The predicted octanol–water partition coefficient (Wildman–Crippen LogP) is 2.37. The van der Waals surface area contributed by atoms with Crippen LogP contribution >= 0.6 is 0 Å². The molecule has 6 nitrogen and oxygen atoms in total. The largest absolute Gasteiger partial charge is 0.492 e. The van der Waals surface area contributed by atoms with E-state index < -0.39 is 0 Å². The molecule has 2 rings (SSSR count). The fourth-order valence-electron chi connectivity index (χ4n) is 2.43. The molecule has 0 amide bonds. The summed E-state index contributed by atoms with van der Waals surface area (Å²) in [5, 5.41) is 17.0. The van der Waals surface area contributed by atoms with Crippen molar-refractivity contribution in [1.29, 1.82) is 5.41 Å². The Kier molecular flexibility index (Phi) is 6.14. The summed E-state index contributed by atoms with van der Waals surface area (Å²) in [6.45, 7) is 5.95. The Hall–Kier alpha value is -2.60. The molecule has 0 fully saturated rings. The first kappa shape index (κ1) is 17.7. The summed E-state index contributed by atoms with van der Waals surface area (Å²) >= 11 is 0. The standard InChI is InChI=1S/C18H24N4O2/c1-3-22(9-10-23)14-7-5-13(6-8-14)21-17-12-18(24-4-2)16(20)11-15(17)19/h5-8,11-12,20,23H,3-4,9-10,19H2,1-2H3/b20-16?,21-17-. The maximum Gasteiger partial charge on any atom is 0.146 e. The van der Waals surface area contributed by atoms with Crippen LogP contribution in [0.25, 0.3) is 0 Å². The number of benzene rings is 1. The van der Waals surface area contributed by atoms with Gasteiger partial charge >= 0.3 is 0 Å². The zero-order valence-corrected chi connectivity index (χ0v) is 14.1. The van der Waals surface area contributed by atoms with Crippen LogP contribution < -0.4 is 10.6 Å². The first-order valence-corrected chi connectivity index (χ1v) is 8.04. The lowest BCUT2D eigenvalue weighted by Gasteiger charge is -2.22. The smallest absolute Gasteiger partial charge is 0.146 e. The van der Waals surface area contributed by atoms with Gasteiger partial charge in [-0.2, -0.15) is 0 Å². The third-order valence-corrected chi connectivity index (χ3v) is 3.64. The number of nitrogens with zero attached hydrogens (tertiary/aromatic N) is 2. The lowest BCUT2D eigenvalue weighted by atomic mass is 10.1. The second-order valence-electron chi connectivity index (χ2n) is 5.27. The van der Waals surface area contributed by atoms with Gasteiger partial charge in [0, 0.05) is 24.9 Å². The number of hydrogen-bond acceptors (Lipinski definition) is 6. The maximum absolute atomic E-state index is 9.10. The predicted molar refractivity (Wildman–Crippen MR) is 98.2 cm³/mol. The minimum atomic E-state index is 0.121. The van der Waals surface area contributed by atoms with Crippen LogP contribution in [-0.4, -0.2) is 42.8 Å². The van der Waals surface area contributed by atoms with Crippen LogP contribution in [0.5, 0.6) is 0 Å². The molecule has 128 valence electrons. The van der Waals surface area contributed by atoms with Crippen molar-refractivity contribution in [3.63, 3.8) is 0 Å². The fraction of sp³-hybridized carbons (Fsp3) is 0.333. The Morgan fingerprint density at radius 1 is 1.21 bits per heavy atom. The van der Waals surface area contributed by atoms with E-state index in [2.05, 4.69) is 9.89 Å². The fourth-order valence-corrected chi connectivity index (χ4v) is 2.43. The highest BCUT2D eigenvalue weighted by Gasteiger charge is 2.15. The van der Waals surface area contributed by atoms with Crippen molar-refractivity contribution in [2.24, 2.45) is 10.7 Å². The zero-order chi connectivity index (χ0) is 17.5. The Balaban J connectivity index is 2.24. The van der Waals surface area contributed by atoms with Gasteiger partial charge in [-0.1, -0.05) is 0 Å². The molecule has 0 saturated heterocycles. The normalized spacial score (nSPS) is 16.0. The summed E-state index contributed by atoms with van der Waals surface area (Å²) in [5.41, 5.74) is 9.07. The van der Waals surface area contributed by atoms with Crippen LogP contribution in [0.15, 0.2) is 52.9 Å². The second kappa shape index (κ2) is 8.31. The molecule has 0 aliphatic heterocycles. The number of ether oxygens (including phenoxy) is 1. The Bertz CT molecular complexity index is 675. The summed E-state index contributed by atoms with van der Waals surface area (Å²) in [6.07, 6.45) is 3.25. The molecule has 0 spiro atoms. The van der Waals surface area contributed by atoms with Crippen molar-refractivity contribution in [2.75, 3.05) is 31.2 Å². The highest BCUT2D eigenvalue weighted by molar-refractivity contribution is 6.22. The summed E-state index contributed by atoms with van der Waals surface area (Å²) < 4.78 is 5.43. The Morgan fingerprint density at radius 2 is 1.92 bits per heavy atom. The third-order valence-electron chi connectivity index (χ3n) is 3.64. The first-order chi connectivity index (χ1) is 11.6. The summed E-state index contributed by atoms with van der Waals surface area (Å²) in [5.74, 6) is 0.474. The van der Waals surface area contributed by atoms with Crippen molar-refractivity contribution in [3.8, 4) is 0 Å². The van der Waals surface area contributed by atoms with Crippen molar-refractivity contribution < 1.29 is 9.84 Å². The van der Waals surface area contributed by atoms with Gasteiger partial charge in [-0.3, -0.25) is 5.41 Å². The average molecular weight is 328 g/mol. The number of aliphatic hydroxyl groups excluding tert-OH is 1. The molecule has 0 saturated carbocycles. The first-order valence-electron chi connectivity index (χ1n) is 8.04. The molecule has 4 N–H and O–H groups in total. The summed E-state index contributed by atoms with van der Waals surface area (Å²) in [7, 11) is 0. The number of nitrogens with two attached hydrogens (primary N) is 1. The van der Waals surface area contributed by atoms with Gasteiger partial charge in [0.2, 0.25) is 0 Å². The van der Waals surface area contributed by atoms with E-state index in [-0.39, 0.29) is 12.3 Å². The monoisotopic (exact) mass is 328 g/mol. The molecule has 0 aromatic heterocycles. The molecule has 24 heavy (non-hydrogen) atoms. The molecular weight excluding hydrogens is 304 g/mol. The minimum Gasteiger partial charge on any atom is -0.492 e. The highest BCUT2D eigenvalue weighted by atomic mass is 16.5. The number of aliphatic imine (C=N–C) groups is 1. The SMILES string of the molecule is CCOC1=C/C(=N/c2ccc(N(CC)CCO)cc2)C(N)=CC1=N. The van der Waals surface area contributed by atoms with Gasteiger partial charge in [0.1, 0.15) is 5.76 Å². The van der Waals surface area contributed by atoms with Crippen LogP contribution in [0.1, 0.15) is 13.8 Å². The number of allylic oxidation sites excluding steroid dienone is 2. The van der Waals surface area contributed by atoms with Crippen molar-refractivity contribution in [1.82, 2.24) is 0 Å². The number of rotatable bonds is 7. The number of anilines is 1. The molecule has 1 aromatic carbocycles. The lowest BCUT2D eigenvalue weighted by Crippen LogP contribution is -2.25. The molecule has 1 aliphatic carbocycles. The van der Waals surface area contributed by atoms with Gasteiger partial charge in [-0.15, -0.1) is 0 Å². The number of hydrogen-bond donors (Lipinski definition) is 3. The molecule has 1 aliphatic rings. The molecule has 0 heterocycles. The van der Waals surface area contributed by atoms with Crippen LogP contribution in [0.4, 0.5) is 11.4 Å². The summed E-state index contributed by atoms with van der Waals surface area (Å²) in [6, 6.07) is 7.75. The van der Waals surface area contributed by atoms with Gasteiger partial charge in [0.05, 0.1) is 36.0 Å². The molecule has 0 atom stereocenters. The van der Waals surface area contributed by atoms with Gasteiger partial charge in [-0.05, 0) is 44.2 Å². The molecule has 0 unspecified atom stereocenters. The molecule has 0 radical (unpaired) electrons. The average Bonchev–Trinajstić information content (AvgIpc) is 2.58. The van der Waals surface area contributed by atoms with E-state index in [0.717, 1.165) is 17.9 Å². The van der Waals surface area contributed by atoms with Crippen molar-refractivity contribution in [3.05, 3.63) is 47.9 Å². The van der Waals surface area contributed by atoms with Crippen molar-refractivity contribution >= 4 is 22.8 Å². The Morgan fingerprint density at radius 3 is 2.50 bits per heavy atom. The second-order valence-corrected chi connectivity index (χ2v) is 5.27. The van der Waals surface area contributed by atoms with Crippen LogP contribution in [-0.2, 0) is 4.74 Å². The van der Waals surface area contributed by atoms with Crippen molar-refractivity contribution in [2.45, 2.75) is 13.8 Å². The number of nitrogens with one attached hydrogen (secondary N) is 1. The van der Waals surface area contributed by atoms with Crippen LogP contribution in [0.2, 0.25) is 0 Å². The quantitative estimate of drug-likeness (QED) is 0.670. The highest BCUT2D eigenvalue weighted by Crippen LogP contribution is 2.22. The Labute approximate surface area is 142 Å². The third kappa shape index (κ3) is 4.23. The van der Waals surface area contributed by atoms with Gasteiger partial charge in [0.15, 0.2) is 0 Å². The van der Waals surface area contributed by atoms with Gasteiger partial charge < -0.3 is 20.5 Å². The van der Waals surface area contributed by atoms with E-state index in [1.807, 2.05) is 38.1 Å². The van der Waals surface area contributed by atoms with Gasteiger partial charge in [-0.25, -0.2) is 4.99 Å². The van der Waals surface area contributed by atoms with E-state index in [0.29, 0.717) is 30.3 Å². The summed E-state index contributed by atoms with van der Waals surface area (Å²) in [4.78, 5) is 6.62. The van der Waals surface area contributed by atoms with Crippen LogP contribution in [0, 0.1) is 5.41 Å². The maximum atomic E-state index is 9.10. The zero-order valence-electron chi connectivity index (χ0n) is 14.1. The van der Waals surface area contributed by atoms with E-state index >= 15 is 0 Å². The van der Waals surface area contributed by atoms with Gasteiger partial charge in [0.25, 0.3) is 0 Å². The van der Waals surface area contributed by atoms with E-state index in [1.165, 1.54) is 0 Å². The topological polar surface area (TPSA) is 94.9 Å². The minimum absolute atomic E-state index is 0.121. The molecular formula is C18H24N4O2. The number of likely N-dealkylation sites (N-methyl/N-ethyl adjacent to an activating group) is 1. The molecule has 0 bridgehead atoms. The van der Waals surface area contributed by atoms with E-state index in [9.17, 15) is 0 Å². The molecule has 6 heteroatoms. The van der Waals surface area contributed by atoms with E-state index in [1.54, 1.807) is 12.2 Å². The van der Waals surface area contributed by atoms with E-state index in [4.69, 9.17) is 21.0 Å².